The zero-order valence-corrected chi connectivity index (χ0v) is 14.1. The number of hydrogen-bond acceptors (Lipinski definition) is 6. The monoisotopic (exact) mass is 343 g/mol. The minimum absolute atomic E-state index is 0.155. The summed E-state index contributed by atoms with van der Waals surface area (Å²) in [6, 6.07) is 4.05. The molecule has 1 saturated heterocycles. The topological polar surface area (TPSA) is 76.5 Å². The van der Waals surface area contributed by atoms with Gasteiger partial charge < -0.3 is 13.7 Å². The van der Waals surface area contributed by atoms with Crippen molar-refractivity contribution in [3.63, 3.8) is 0 Å². The zero-order chi connectivity index (χ0) is 16.5. The van der Waals surface area contributed by atoms with Gasteiger partial charge in [-0.05, 0) is 25.0 Å². The largest absolute Gasteiger partial charge is 0.414 e. The maximum atomic E-state index is 11.6. The molecule has 24 heavy (non-hydrogen) atoms. The van der Waals surface area contributed by atoms with Crippen LogP contribution in [0.5, 0.6) is 0 Å². The molecule has 3 aromatic rings. The average Bonchev–Trinajstić information content (AvgIpc) is 3.26. The standard InChI is InChI=1S/C16H17N5O2S/c1-11-4-5-13-17-12(8-21(13)7-11)10-24-16-19-18-14(23-16)9-20-6-2-3-15(20)22/h4-5,7-8H,2-3,6,9-10H2,1H3. The molecule has 124 valence electrons. The van der Waals surface area contributed by atoms with Crippen molar-refractivity contribution in [1.29, 1.82) is 0 Å². The summed E-state index contributed by atoms with van der Waals surface area (Å²) in [5.41, 5.74) is 3.08. The van der Waals surface area contributed by atoms with E-state index in [4.69, 9.17) is 4.42 Å². The molecule has 0 aromatic carbocycles. The van der Waals surface area contributed by atoms with E-state index in [2.05, 4.69) is 22.1 Å². The summed E-state index contributed by atoms with van der Waals surface area (Å²) in [6.45, 7) is 3.23. The summed E-state index contributed by atoms with van der Waals surface area (Å²) < 4.78 is 7.64. The molecule has 4 heterocycles. The molecule has 1 aliphatic heterocycles. The van der Waals surface area contributed by atoms with Gasteiger partial charge >= 0.3 is 0 Å². The Morgan fingerprint density at radius 1 is 1.29 bits per heavy atom. The predicted molar refractivity (Wildman–Crippen MR) is 88.4 cm³/mol. The molecule has 1 aliphatic rings. The molecule has 3 aromatic heterocycles. The molecule has 0 spiro atoms. The molecule has 0 aliphatic carbocycles. The summed E-state index contributed by atoms with van der Waals surface area (Å²) in [5, 5.41) is 8.57. The smallest absolute Gasteiger partial charge is 0.277 e. The first-order chi connectivity index (χ1) is 11.7. The van der Waals surface area contributed by atoms with Crippen LogP contribution in [0.3, 0.4) is 0 Å². The van der Waals surface area contributed by atoms with Gasteiger partial charge in [0.15, 0.2) is 0 Å². The number of rotatable bonds is 5. The zero-order valence-electron chi connectivity index (χ0n) is 13.3. The molecule has 0 unspecified atom stereocenters. The molecular weight excluding hydrogens is 326 g/mol. The van der Waals surface area contributed by atoms with Gasteiger partial charge in [0.2, 0.25) is 11.8 Å². The fourth-order valence-corrected chi connectivity index (χ4v) is 3.42. The molecule has 0 radical (unpaired) electrons. The van der Waals surface area contributed by atoms with Crippen LogP contribution in [0.4, 0.5) is 0 Å². The van der Waals surface area contributed by atoms with Crippen LogP contribution >= 0.6 is 11.8 Å². The molecule has 0 saturated carbocycles. The van der Waals surface area contributed by atoms with E-state index in [1.807, 2.05) is 28.9 Å². The SMILES string of the molecule is Cc1ccc2nc(CSc3nnc(CN4CCCC4=O)o3)cn2c1. The maximum absolute atomic E-state index is 11.6. The van der Waals surface area contributed by atoms with Crippen LogP contribution in [0.25, 0.3) is 5.65 Å². The Kier molecular flexibility index (Phi) is 3.97. The third kappa shape index (κ3) is 3.14. The molecule has 0 N–H and O–H groups in total. The Labute approximate surface area is 143 Å². The minimum Gasteiger partial charge on any atom is -0.414 e. The van der Waals surface area contributed by atoms with E-state index in [-0.39, 0.29) is 5.91 Å². The van der Waals surface area contributed by atoms with Crippen molar-refractivity contribution in [3.05, 3.63) is 41.7 Å². The predicted octanol–water partition coefficient (Wildman–Crippen LogP) is 2.44. The highest BCUT2D eigenvalue weighted by Crippen LogP contribution is 2.22. The van der Waals surface area contributed by atoms with Crippen LogP contribution in [0, 0.1) is 6.92 Å². The number of imidazole rings is 1. The molecule has 0 atom stereocenters. The van der Waals surface area contributed by atoms with E-state index in [1.165, 1.54) is 17.3 Å². The first kappa shape index (κ1) is 15.2. The third-order valence-electron chi connectivity index (χ3n) is 3.94. The number of thioether (sulfide) groups is 1. The Morgan fingerprint density at radius 2 is 2.21 bits per heavy atom. The summed E-state index contributed by atoms with van der Waals surface area (Å²) >= 11 is 1.45. The fourth-order valence-electron chi connectivity index (χ4n) is 2.76. The number of nitrogens with zero attached hydrogens (tertiary/aromatic N) is 5. The normalized spacial score (nSPS) is 14.9. The summed E-state index contributed by atoms with van der Waals surface area (Å²) in [4.78, 5) is 18.0. The number of carbonyl (C=O) groups is 1. The second-order valence-corrected chi connectivity index (χ2v) is 6.80. The summed E-state index contributed by atoms with van der Waals surface area (Å²) in [6.07, 6.45) is 5.58. The molecular formula is C16H17N5O2S. The van der Waals surface area contributed by atoms with Crippen LogP contribution in [0.2, 0.25) is 0 Å². The van der Waals surface area contributed by atoms with Gasteiger partial charge in [-0.15, -0.1) is 10.2 Å². The fraction of sp³-hybridized carbons (Fsp3) is 0.375. The minimum atomic E-state index is 0.155. The third-order valence-corrected chi connectivity index (χ3v) is 4.79. The number of aromatic nitrogens is 4. The van der Waals surface area contributed by atoms with Gasteiger partial charge in [-0.2, -0.15) is 0 Å². The van der Waals surface area contributed by atoms with Gasteiger partial charge in [0.25, 0.3) is 5.22 Å². The molecule has 4 rings (SSSR count). The lowest BCUT2D eigenvalue weighted by Crippen LogP contribution is -2.23. The van der Waals surface area contributed by atoms with E-state index in [0.717, 1.165) is 24.3 Å². The van der Waals surface area contributed by atoms with Crippen molar-refractivity contribution in [3.8, 4) is 0 Å². The van der Waals surface area contributed by atoms with Crippen molar-refractivity contribution in [1.82, 2.24) is 24.5 Å². The number of carbonyl (C=O) groups excluding carboxylic acids is 1. The highest BCUT2D eigenvalue weighted by molar-refractivity contribution is 7.98. The average molecular weight is 343 g/mol. The molecule has 1 amide bonds. The van der Waals surface area contributed by atoms with Crippen molar-refractivity contribution >= 4 is 23.3 Å². The number of amides is 1. The van der Waals surface area contributed by atoms with Crippen molar-refractivity contribution in [2.45, 2.75) is 37.3 Å². The number of pyridine rings is 1. The van der Waals surface area contributed by atoms with E-state index in [0.29, 0.717) is 29.8 Å². The van der Waals surface area contributed by atoms with E-state index < -0.39 is 0 Å². The van der Waals surface area contributed by atoms with Gasteiger partial charge in [0, 0.05) is 31.1 Å². The lowest BCUT2D eigenvalue weighted by atomic mass is 10.3. The Bertz CT molecular complexity index is 888. The number of fused-ring (bicyclic) bond motifs is 1. The number of likely N-dealkylation sites (tertiary alicyclic amines) is 1. The van der Waals surface area contributed by atoms with Crippen LogP contribution < -0.4 is 0 Å². The lowest BCUT2D eigenvalue weighted by molar-refractivity contribution is -0.128. The van der Waals surface area contributed by atoms with Gasteiger partial charge in [-0.25, -0.2) is 4.98 Å². The van der Waals surface area contributed by atoms with E-state index in [9.17, 15) is 4.79 Å². The van der Waals surface area contributed by atoms with Crippen molar-refractivity contribution < 1.29 is 9.21 Å². The van der Waals surface area contributed by atoms with Crippen LogP contribution in [-0.4, -0.2) is 36.9 Å². The second-order valence-electron chi connectivity index (χ2n) is 5.87. The first-order valence-corrected chi connectivity index (χ1v) is 8.83. The number of aryl methyl sites for hydroxylation is 1. The maximum Gasteiger partial charge on any atom is 0.277 e. The Morgan fingerprint density at radius 3 is 3.04 bits per heavy atom. The Balaban J connectivity index is 1.39. The molecule has 8 heteroatoms. The molecule has 1 fully saturated rings. The Hall–Kier alpha value is -2.35. The van der Waals surface area contributed by atoms with Gasteiger partial charge in [0.1, 0.15) is 5.65 Å². The van der Waals surface area contributed by atoms with Gasteiger partial charge in [-0.1, -0.05) is 17.8 Å². The van der Waals surface area contributed by atoms with Gasteiger partial charge in [0.05, 0.1) is 12.2 Å². The molecule has 7 nitrogen and oxygen atoms in total. The van der Waals surface area contributed by atoms with Crippen molar-refractivity contribution in [2.75, 3.05) is 6.54 Å². The number of hydrogen-bond donors (Lipinski definition) is 0. The quantitative estimate of drug-likeness (QED) is 0.662. The molecule has 0 bridgehead atoms. The first-order valence-electron chi connectivity index (χ1n) is 7.84. The highest BCUT2D eigenvalue weighted by atomic mass is 32.2. The van der Waals surface area contributed by atoms with Crippen LogP contribution in [0.1, 0.15) is 30.0 Å². The van der Waals surface area contributed by atoms with Crippen LogP contribution in [0.15, 0.2) is 34.2 Å². The van der Waals surface area contributed by atoms with Crippen molar-refractivity contribution in [2.24, 2.45) is 0 Å². The summed E-state index contributed by atoms with van der Waals surface area (Å²) in [7, 11) is 0. The summed E-state index contributed by atoms with van der Waals surface area (Å²) in [5.74, 6) is 1.30. The second kappa shape index (κ2) is 6.27. The highest BCUT2D eigenvalue weighted by Gasteiger charge is 2.22. The lowest BCUT2D eigenvalue weighted by Gasteiger charge is -2.11. The van der Waals surface area contributed by atoms with Crippen LogP contribution in [-0.2, 0) is 17.1 Å². The van der Waals surface area contributed by atoms with Gasteiger partial charge in [-0.3, -0.25) is 4.79 Å². The van der Waals surface area contributed by atoms with E-state index >= 15 is 0 Å². The van der Waals surface area contributed by atoms with E-state index in [1.54, 1.807) is 4.90 Å².